The Morgan fingerprint density at radius 3 is 2.60 bits per heavy atom. The summed E-state index contributed by atoms with van der Waals surface area (Å²) < 4.78 is 0. The van der Waals surface area contributed by atoms with Crippen LogP contribution in [0.5, 0.6) is 0 Å². The molecule has 0 bridgehead atoms. The number of rotatable bonds is 0. The molecule has 2 heteroatoms. The fourth-order valence-corrected chi connectivity index (χ4v) is 1.50. The lowest BCUT2D eigenvalue weighted by atomic mass is 10.1. The van der Waals surface area contributed by atoms with Crippen molar-refractivity contribution in [3.63, 3.8) is 0 Å². The summed E-state index contributed by atoms with van der Waals surface area (Å²) >= 11 is 5.10. The van der Waals surface area contributed by atoms with E-state index in [1.165, 1.54) is 32.1 Å². The number of thiocarbonyl (C=S) groups is 1. The molecule has 0 amide bonds. The first-order chi connectivity index (χ1) is 4.89. The van der Waals surface area contributed by atoms with Crippen LogP contribution in [0, 0.1) is 0 Å². The topological polar surface area (TPSA) is 12.0 Å². The SMILES string of the molecule is S=C1CCCCCCCN1. The molecule has 1 nitrogen and oxygen atoms in total. The maximum atomic E-state index is 5.10. The molecule has 0 aromatic rings. The molecule has 1 aliphatic rings. The zero-order valence-electron chi connectivity index (χ0n) is 6.36. The first kappa shape index (κ1) is 7.99. The molecule has 0 unspecified atom stereocenters. The Hall–Kier alpha value is -0.110. The Kier molecular flexibility index (Phi) is 3.73. The summed E-state index contributed by atoms with van der Waals surface area (Å²) in [6.45, 7) is 1.10. The van der Waals surface area contributed by atoms with Crippen LogP contribution < -0.4 is 5.32 Å². The molecule has 0 aromatic heterocycles. The summed E-state index contributed by atoms with van der Waals surface area (Å²) in [4.78, 5) is 1.07. The minimum atomic E-state index is 1.07. The van der Waals surface area contributed by atoms with E-state index in [1.807, 2.05) is 0 Å². The van der Waals surface area contributed by atoms with Gasteiger partial charge in [0.1, 0.15) is 0 Å². The predicted molar refractivity (Wildman–Crippen MR) is 48.3 cm³/mol. The highest BCUT2D eigenvalue weighted by Crippen LogP contribution is 2.07. The van der Waals surface area contributed by atoms with Crippen molar-refractivity contribution < 1.29 is 0 Å². The van der Waals surface area contributed by atoms with Crippen molar-refractivity contribution in [1.82, 2.24) is 5.32 Å². The summed E-state index contributed by atoms with van der Waals surface area (Å²) in [6.07, 6.45) is 7.81. The number of hydrogen-bond donors (Lipinski definition) is 1. The molecule has 1 aliphatic heterocycles. The molecular weight excluding hydrogens is 142 g/mol. The van der Waals surface area contributed by atoms with Gasteiger partial charge in [-0.3, -0.25) is 0 Å². The van der Waals surface area contributed by atoms with Gasteiger partial charge in [0.15, 0.2) is 0 Å². The molecule has 1 saturated heterocycles. The largest absolute Gasteiger partial charge is 0.380 e. The lowest BCUT2D eigenvalue weighted by Crippen LogP contribution is -2.21. The molecule has 10 heavy (non-hydrogen) atoms. The lowest BCUT2D eigenvalue weighted by molar-refractivity contribution is 0.635. The summed E-state index contributed by atoms with van der Waals surface area (Å²) in [7, 11) is 0. The molecule has 0 saturated carbocycles. The Morgan fingerprint density at radius 2 is 1.70 bits per heavy atom. The van der Waals surface area contributed by atoms with Crippen molar-refractivity contribution in [1.29, 1.82) is 0 Å². The molecule has 58 valence electrons. The van der Waals surface area contributed by atoms with Crippen LogP contribution in [0.2, 0.25) is 0 Å². The van der Waals surface area contributed by atoms with Crippen LogP contribution in [0.1, 0.15) is 38.5 Å². The fraction of sp³-hybridized carbons (Fsp3) is 0.875. The predicted octanol–water partition coefficient (Wildman–Crippen LogP) is 2.26. The van der Waals surface area contributed by atoms with E-state index < -0.39 is 0 Å². The third-order valence-corrected chi connectivity index (χ3v) is 2.25. The molecule has 0 spiro atoms. The molecule has 1 rings (SSSR count). The summed E-state index contributed by atoms with van der Waals surface area (Å²) in [5.41, 5.74) is 0. The van der Waals surface area contributed by atoms with Crippen molar-refractivity contribution >= 4 is 17.2 Å². The van der Waals surface area contributed by atoms with E-state index in [1.54, 1.807) is 0 Å². The second-order valence-corrected chi connectivity index (χ2v) is 3.36. The second-order valence-electron chi connectivity index (χ2n) is 2.87. The van der Waals surface area contributed by atoms with Crippen molar-refractivity contribution in [2.45, 2.75) is 38.5 Å². The quantitative estimate of drug-likeness (QED) is 0.541. The van der Waals surface area contributed by atoms with Crippen molar-refractivity contribution in [3.05, 3.63) is 0 Å². The van der Waals surface area contributed by atoms with Crippen LogP contribution in [-0.2, 0) is 0 Å². The van der Waals surface area contributed by atoms with Gasteiger partial charge in [-0.25, -0.2) is 0 Å². The van der Waals surface area contributed by atoms with Crippen molar-refractivity contribution in [2.75, 3.05) is 6.54 Å². The normalized spacial score (nSPS) is 22.2. The summed E-state index contributed by atoms with van der Waals surface area (Å²) in [6, 6.07) is 0. The van der Waals surface area contributed by atoms with Gasteiger partial charge in [0.05, 0.1) is 4.99 Å². The zero-order valence-corrected chi connectivity index (χ0v) is 7.17. The Bertz CT molecular complexity index is 99.8. The van der Waals surface area contributed by atoms with Crippen LogP contribution in [-0.4, -0.2) is 11.5 Å². The van der Waals surface area contributed by atoms with E-state index >= 15 is 0 Å². The van der Waals surface area contributed by atoms with E-state index in [0.717, 1.165) is 18.0 Å². The van der Waals surface area contributed by atoms with Gasteiger partial charge in [0.2, 0.25) is 0 Å². The highest BCUT2D eigenvalue weighted by Gasteiger charge is 1.99. The fourth-order valence-electron chi connectivity index (χ4n) is 1.26. The monoisotopic (exact) mass is 157 g/mol. The van der Waals surface area contributed by atoms with Crippen molar-refractivity contribution in [2.24, 2.45) is 0 Å². The third kappa shape index (κ3) is 3.16. The minimum absolute atomic E-state index is 1.07. The Morgan fingerprint density at radius 1 is 1.00 bits per heavy atom. The molecular formula is C8H15NS. The molecule has 0 aromatic carbocycles. The number of hydrogen-bond acceptors (Lipinski definition) is 1. The van der Waals surface area contributed by atoms with Gasteiger partial charge in [-0.1, -0.05) is 31.5 Å². The smallest absolute Gasteiger partial charge is 0.0753 e. The molecule has 1 fully saturated rings. The van der Waals surface area contributed by atoms with Crippen LogP contribution in [0.4, 0.5) is 0 Å². The van der Waals surface area contributed by atoms with Crippen LogP contribution in [0.15, 0.2) is 0 Å². The van der Waals surface area contributed by atoms with Crippen LogP contribution >= 0.6 is 12.2 Å². The third-order valence-electron chi connectivity index (χ3n) is 1.90. The average Bonchev–Trinajstić information content (AvgIpc) is 2.02. The van der Waals surface area contributed by atoms with Gasteiger partial charge in [0, 0.05) is 6.54 Å². The molecule has 0 atom stereocenters. The van der Waals surface area contributed by atoms with E-state index in [-0.39, 0.29) is 0 Å². The van der Waals surface area contributed by atoms with Gasteiger partial charge in [-0.15, -0.1) is 0 Å². The minimum Gasteiger partial charge on any atom is -0.380 e. The molecule has 0 radical (unpaired) electrons. The van der Waals surface area contributed by atoms with Crippen molar-refractivity contribution in [3.8, 4) is 0 Å². The lowest BCUT2D eigenvalue weighted by Gasteiger charge is -2.02. The van der Waals surface area contributed by atoms with Gasteiger partial charge in [0.25, 0.3) is 0 Å². The van der Waals surface area contributed by atoms with Crippen LogP contribution in [0.3, 0.4) is 0 Å². The van der Waals surface area contributed by atoms with Crippen LogP contribution in [0.25, 0.3) is 0 Å². The zero-order chi connectivity index (χ0) is 7.23. The molecule has 0 aliphatic carbocycles. The maximum Gasteiger partial charge on any atom is 0.0753 e. The summed E-state index contributed by atoms with van der Waals surface area (Å²) in [5.74, 6) is 0. The van der Waals surface area contributed by atoms with E-state index in [2.05, 4.69) is 5.32 Å². The number of nitrogens with one attached hydrogen (secondary N) is 1. The van der Waals surface area contributed by atoms with E-state index in [4.69, 9.17) is 12.2 Å². The van der Waals surface area contributed by atoms with E-state index in [9.17, 15) is 0 Å². The van der Waals surface area contributed by atoms with Gasteiger partial charge in [-0.05, 0) is 19.3 Å². The maximum absolute atomic E-state index is 5.10. The Balaban J connectivity index is 2.21. The van der Waals surface area contributed by atoms with Gasteiger partial charge < -0.3 is 5.32 Å². The first-order valence-corrected chi connectivity index (χ1v) is 4.57. The highest BCUT2D eigenvalue weighted by molar-refractivity contribution is 7.80. The molecule has 1 N–H and O–H groups in total. The van der Waals surface area contributed by atoms with Gasteiger partial charge in [-0.2, -0.15) is 0 Å². The first-order valence-electron chi connectivity index (χ1n) is 4.16. The van der Waals surface area contributed by atoms with Gasteiger partial charge >= 0.3 is 0 Å². The van der Waals surface area contributed by atoms with E-state index in [0.29, 0.717) is 0 Å². The Labute approximate surface area is 68.2 Å². The highest BCUT2D eigenvalue weighted by atomic mass is 32.1. The average molecular weight is 157 g/mol. The standard InChI is InChI=1S/C8H15NS/c10-8-6-4-2-1-3-5-7-9-8/h1-7H2,(H,9,10). The second kappa shape index (κ2) is 4.67. The molecule has 1 heterocycles. The summed E-state index contributed by atoms with van der Waals surface area (Å²) in [5, 5.41) is 3.26.